The largest absolute Gasteiger partial charge is 0.334 e. The van der Waals surface area contributed by atoms with Crippen LogP contribution in [0.2, 0.25) is 0 Å². The maximum Gasteiger partial charge on any atom is 0.254 e. The van der Waals surface area contributed by atoms with Gasteiger partial charge in [-0.1, -0.05) is 18.2 Å². The number of carbonyl (C=O) groups excluding carboxylic acids is 1. The Balaban J connectivity index is 2.20. The van der Waals surface area contributed by atoms with Gasteiger partial charge in [-0.3, -0.25) is 4.79 Å². The number of amides is 1. The molecule has 0 aliphatic rings. The molecule has 0 N–H and O–H groups in total. The molecule has 0 aliphatic carbocycles. The van der Waals surface area contributed by atoms with E-state index in [1.54, 1.807) is 47.5 Å². The number of benzene rings is 1. The van der Waals surface area contributed by atoms with Crippen molar-refractivity contribution in [2.45, 2.75) is 18.7 Å². The van der Waals surface area contributed by atoms with Crippen molar-refractivity contribution in [1.29, 1.82) is 0 Å². The van der Waals surface area contributed by atoms with E-state index in [9.17, 15) is 13.2 Å². The van der Waals surface area contributed by atoms with Crippen molar-refractivity contribution < 1.29 is 13.2 Å². The number of nitrogens with zero attached hydrogens (tertiary/aromatic N) is 1. The maximum absolute atomic E-state index is 12.6. The van der Waals surface area contributed by atoms with E-state index in [0.717, 1.165) is 4.88 Å². The van der Waals surface area contributed by atoms with E-state index in [1.807, 2.05) is 24.4 Å². The highest BCUT2D eigenvalue weighted by molar-refractivity contribution is 7.89. The summed E-state index contributed by atoms with van der Waals surface area (Å²) in [7, 11) is -1.36. The van der Waals surface area contributed by atoms with E-state index in [0.29, 0.717) is 11.1 Å². The Morgan fingerprint density at radius 1 is 1.27 bits per heavy atom. The molecule has 1 heterocycles. The van der Waals surface area contributed by atoms with Gasteiger partial charge in [-0.05, 0) is 36.1 Å². The van der Waals surface area contributed by atoms with E-state index >= 15 is 0 Å². The molecule has 1 atom stereocenters. The summed E-state index contributed by atoms with van der Waals surface area (Å²) in [4.78, 5) is 15.4. The molecule has 2 aromatic rings. The van der Waals surface area contributed by atoms with E-state index in [-0.39, 0.29) is 17.7 Å². The second-order valence-electron chi connectivity index (χ2n) is 5.38. The molecule has 0 saturated carbocycles. The molecule has 118 valence electrons. The van der Waals surface area contributed by atoms with Crippen LogP contribution in [0.5, 0.6) is 0 Å². The Morgan fingerprint density at radius 2 is 2.00 bits per heavy atom. The predicted molar refractivity (Wildman–Crippen MR) is 89.8 cm³/mol. The molecule has 1 amide bonds. The molecule has 0 fully saturated rings. The first-order chi connectivity index (χ1) is 10.3. The molecule has 2 rings (SSSR count). The summed E-state index contributed by atoms with van der Waals surface area (Å²) in [5.41, 5.74) is 1.14. The van der Waals surface area contributed by atoms with E-state index in [2.05, 4.69) is 0 Å². The number of thiophene rings is 1. The highest BCUT2D eigenvalue weighted by atomic mass is 32.2. The maximum atomic E-state index is 12.6. The molecular weight excluding hydrogens is 318 g/mol. The molecule has 4 nitrogen and oxygen atoms in total. The highest BCUT2D eigenvalue weighted by Gasteiger charge is 2.20. The second-order valence-corrected chi connectivity index (χ2v) is 8.50. The van der Waals surface area contributed by atoms with Crippen molar-refractivity contribution >= 4 is 27.1 Å². The Hall–Kier alpha value is -1.66. The summed E-state index contributed by atoms with van der Waals surface area (Å²) >= 11 is 1.61. The van der Waals surface area contributed by atoms with E-state index in [4.69, 9.17) is 0 Å². The lowest BCUT2D eigenvalue weighted by Crippen LogP contribution is -2.29. The highest BCUT2D eigenvalue weighted by Crippen LogP contribution is 2.25. The molecule has 0 aliphatic heterocycles. The monoisotopic (exact) mass is 337 g/mol. The van der Waals surface area contributed by atoms with Gasteiger partial charge in [0.05, 0.1) is 11.8 Å². The molecule has 6 heteroatoms. The number of hydrogen-bond donors (Lipinski definition) is 0. The van der Waals surface area contributed by atoms with Crippen LogP contribution in [0, 0.1) is 0 Å². The average Bonchev–Trinajstić information content (AvgIpc) is 2.97. The van der Waals surface area contributed by atoms with Crippen LogP contribution in [0.25, 0.3) is 0 Å². The molecule has 22 heavy (non-hydrogen) atoms. The first-order valence-corrected chi connectivity index (χ1v) is 9.79. The molecule has 1 aromatic heterocycles. The SMILES string of the molecule is CC(c1cccs1)N(C)C(=O)c1cccc(CS(C)(=O)=O)c1. The zero-order valence-corrected chi connectivity index (χ0v) is 14.4. The normalized spacial score (nSPS) is 12.9. The van der Waals surface area contributed by atoms with Crippen LogP contribution in [0.15, 0.2) is 41.8 Å². The van der Waals surface area contributed by atoms with Gasteiger partial charge in [0.1, 0.15) is 0 Å². The van der Waals surface area contributed by atoms with Gasteiger partial charge in [0.15, 0.2) is 9.84 Å². The number of sulfone groups is 1. The summed E-state index contributed by atoms with van der Waals surface area (Å²) in [6.45, 7) is 1.98. The van der Waals surface area contributed by atoms with Gasteiger partial charge >= 0.3 is 0 Å². The summed E-state index contributed by atoms with van der Waals surface area (Å²) in [6.07, 6.45) is 1.19. The van der Waals surface area contributed by atoms with Gasteiger partial charge in [-0.15, -0.1) is 11.3 Å². The number of hydrogen-bond acceptors (Lipinski definition) is 4. The standard InChI is InChI=1S/C16H19NO3S2/c1-12(15-8-5-9-21-15)17(2)16(18)14-7-4-6-13(10-14)11-22(3,19)20/h4-10,12H,11H2,1-3H3. The lowest BCUT2D eigenvalue weighted by Gasteiger charge is -2.24. The minimum atomic E-state index is -3.11. The van der Waals surface area contributed by atoms with Crippen molar-refractivity contribution in [2.24, 2.45) is 0 Å². The Kier molecular flexibility index (Phi) is 5.03. The van der Waals surface area contributed by atoms with Crippen LogP contribution in [0.3, 0.4) is 0 Å². The molecule has 1 aromatic carbocycles. The van der Waals surface area contributed by atoms with Gasteiger partial charge < -0.3 is 4.90 Å². The van der Waals surface area contributed by atoms with Crippen LogP contribution in [-0.2, 0) is 15.6 Å². The third-order valence-corrected chi connectivity index (χ3v) is 5.36. The van der Waals surface area contributed by atoms with E-state index < -0.39 is 9.84 Å². The van der Waals surface area contributed by atoms with Crippen LogP contribution in [-0.4, -0.2) is 32.5 Å². The molecule has 0 saturated heterocycles. The van der Waals surface area contributed by atoms with Crippen LogP contribution >= 0.6 is 11.3 Å². The molecular formula is C16H19NO3S2. The van der Waals surface area contributed by atoms with Crippen LogP contribution in [0.4, 0.5) is 0 Å². The second kappa shape index (κ2) is 6.62. The van der Waals surface area contributed by atoms with Crippen molar-refractivity contribution in [2.75, 3.05) is 13.3 Å². The van der Waals surface area contributed by atoms with Crippen molar-refractivity contribution in [3.05, 3.63) is 57.8 Å². The van der Waals surface area contributed by atoms with Crippen molar-refractivity contribution in [3.8, 4) is 0 Å². The average molecular weight is 337 g/mol. The molecule has 0 radical (unpaired) electrons. The topological polar surface area (TPSA) is 54.5 Å². The van der Waals surface area contributed by atoms with Gasteiger partial charge in [-0.25, -0.2) is 8.42 Å². The van der Waals surface area contributed by atoms with Crippen molar-refractivity contribution in [3.63, 3.8) is 0 Å². The lowest BCUT2D eigenvalue weighted by atomic mass is 10.1. The minimum Gasteiger partial charge on any atom is -0.334 e. The molecule has 1 unspecified atom stereocenters. The van der Waals surface area contributed by atoms with Crippen LogP contribution < -0.4 is 0 Å². The first kappa shape index (κ1) is 16.7. The Bertz CT molecular complexity index is 751. The zero-order valence-electron chi connectivity index (χ0n) is 12.8. The van der Waals surface area contributed by atoms with Crippen molar-refractivity contribution in [1.82, 2.24) is 4.90 Å². The van der Waals surface area contributed by atoms with Gasteiger partial charge in [-0.2, -0.15) is 0 Å². The fraction of sp³-hybridized carbons (Fsp3) is 0.312. The Labute approximate surface area is 135 Å². The molecule has 0 bridgehead atoms. The summed E-state index contributed by atoms with van der Waals surface area (Å²) in [5, 5.41) is 1.98. The predicted octanol–water partition coefficient (Wildman–Crippen LogP) is 3.13. The zero-order chi connectivity index (χ0) is 16.3. The Morgan fingerprint density at radius 3 is 2.59 bits per heavy atom. The van der Waals surface area contributed by atoms with Crippen LogP contribution in [0.1, 0.15) is 33.8 Å². The summed E-state index contributed by atoms with van der Waals surface area (Å²) in [6, 6.07) is 10.7. The lowest BCUT2D eigenvalue weighted by molar-refractivity contribution is 0.0745. The van der Waals surface area contributed by atoms with Gasteiger partial charge in [0.2, 0.25) is 0 Å². The fourth-order valence-electron chi connectivity index (χ4n) is 2.20. The third-order valence-electron chi connectivity index (χ3n) is 3.46. The third kappa shape index (κ3) is 4.18. The number of carbonyl (C=O) groups is 1. The minimum absolute atomic E-state index is 0.0222. The van der Waals surface area contributed by atoms with Gasteiger partial charge in [0.25, 0.3) is 5.91 Å². The first-order valence-electron chi connectivity index (χ1n) is 6.85. The van der Waals surface area contributed by atoms with E-state index in [1.165, 1.54) is 6.26 Å². The van der Waals surface area contributed by atoms with Gasteiger partial charge in [0, 0.05) is 23.7 Å². The smallest absolute Gasteiger partial charge is 0.254 e. The summed E-state index contributed by atoms with van der Waals surface area (Å²) < 4.78 is 22.8. The fourth-order valence-corrected chi connectivity index (χ4v) is 3.81. The quantitative estimate of drug-likeness (QED) is 0.842. The molecule has 0 spiro atoms. The number of rotatable bonds is 5. The summed E-state index contributed by atoms with van der Waals surface area (Å²) in [5.74, 6) is -0.172.